The van der Waals surface area contributed by atoms with Crippen molar-refractivity contribution in [2.45, 2.75) is 12.8 Å². The Morgan fingerprint density at radius 3 is 2.50 bits per heavy atom. The molecule has 124 valence electrons. The Morgan fingerprint density at radius 2 is 1.88 bits per heavy atom. The molecule has 1 unspecified atom stereocenters. The van der Waals surface area contributed by atoms with Gasteiger partial charge in [-0.05, 0) is 42.9 Å². The van der Waals surface area contributed by atoms with Gasteiger partial charge in [-0.3, -0.25) is 4.79 Å². The Balaban J connectivity index is 2.28. The number of para-hydroxylation sites is 2. The zero-order valence-corrected chi connectivity index (χ0v) is 14.3. The average Bonchev–Trinajstić information content (AvgIpc) is 2.60. The number of benzene rings is 2. The van der Waals surface area contributed by atoms with Gasteiger partial charge in [-0.15, -0.1) is 6.58 Å². The van der Waals surface area contributed by atoms with Crippen molar-refractivity contribution in [3.8, 4) is 0 Å². The summed E-state index contributed by atoms with van der Waals surface area (Å²) in [7, 11) is 0. The zero-order valence-electron chi connectivity index (χ0n) is 13.5. The Hall–Kier alpha value is -2.66. The van der Waals surface area contributed by atoms with Crippen LogP contribution in [0.25, 0.3) is 0 Å². The first-order valence-corrected chi connectivity index (χ1v) is 8.01. The molecule has 0 saturated heterocycles. The van der Waals surface area contributed by atoms with E-state index in [1.807, 2.05) is 53.4 Å². The number of hydrogen-bond acceptors (Lipinski definition) is 2. The first kappa shape index (κ1) is 17.7. The van der Waals surface area contributed by atoms with Crippen molar-refractivity contribution in [2.75, 3.05) is 16.8 Å². The molecule has 2 N–H and O–H groups in total. The predicted molar refractivity (Wildman–Crippen MR) is 103 cm³/mol. The number of carbonyl (C=O) groups is 1. The Morgan fingerprint density at radius 1 is 1.25 bits per heavy atom. The summed E-state index contributed by atoms with van der Waals surface area (Å²) in [6.07, 6.45) is 1.77. The number of anilines is 2. The molecule has 0 bridgehead atoms. The molecule has 0 spiro atoms. The summed E-state index contributed by atoms with van der Waals surface area (Å²) in [4.78, 5) is 13.2. The molecule has 1 atom stereocenters. The predicted octanol–water partition coefficient (Wildman–Crippen LogP) is 4.26. The molecule has 4 nitrogen and oxygen atoms in total. The SMILES string of the molecule is C=CCN(C(=S)Nc1ccccc1C(C)C(=O)O)c1ccccc1. The molecular formula is C19H20N2O2S. The summed E-state index contributed by atoms with van der Waals surface area (Å²) in [5.74, 6) is -1.50. The smallest absolute Gasteiger partial charge is 0.310 e. The summed E-state index contributed by atoms with van der Waals surface area (Å²) in [6, 6.07) is 17.0. The van der Waals surface area contributed by atoms with Gasteiger partial charge in [0.2, 0.25) is 0 Å². The topological polar surface area (TPSA) is 52.6 Å². The van der Waals surface area contributed by atoms with E-state index in [9.17, 15) is 9.90 Å². The van der Waals surface area contributed by atoms with E-state index in [4.69, 9.17) is 12.2 Å². The van der Waals surface area contributed by atoms with Gasteiger partial charge in [0.1, 0.15) is 0 Å². The lowest BCUT2D eigenvalue weighted by atomic mass is 9.99. The molecule has 0 aliphatic carbocycles. The fourth-order valence-corrected chi connectivity index (χ4v) is 2.64. The van der Waals surface area contributed by atoms with E-state index in [0.717, 1.165) is 5.69 Å². The molecule has 2 aromatic rings. The molecule has 24 heavy (non-hydrogen) atoms. The van der Waals surface area contributed by atoms with E-state index >= 15 is 0 Å². The van der Waals surface area contributed by atoms with Crippen molar-refractivity contribution in [1.29, 1.82) is 0 Å². The van der Waals surface area contributed by atoms with Crippen molar-refractivity contribution >= 4 is 34.7 Å². The number of carboxylic acids is 1. The highest BCUT2D eigenvalue weighted by Crippen LogP contribution is 2.25. The summed E-state index contributed by atoms with van der Waals surface area (Å²) in [6.45, 7) is 5.98. The molecular weight excluding hydrogens is 320 g/mol. The van der Waals surface area contributed by atoms with Crippen LogP contribution in [-0.2, 0) is 4.79 Å². The lowest BCUT2D eigenvalue weighted by molar-refractivity contribution is -0.138. The van der Waals surface area contributed by atoms with E-state index in [1.165, 1.54) is 0 Å². The molecule has 0 radical (unpaired) electrons. The first-order valence-electron chi connectivity index (χ1n) is 7.60. The van der Waals surface area contributed by atoms with Crippen LogP contribution in [0.2, 0.25) is 0 Å². The summed E-state index contributed by atoms with van der Waals surface area (Å²) < 4.78 is 0. The van der Waals surface area contributed by atoms with Crippen LogP contribution < -0.4 is 10.2 Å². The van der Waals surface area contributed by atoms with Gasteiger partial charge in [-0.1, -0.05) is 42.5 Å². The maximum atomic E-state index is 11.3. The van der Waals surface area contributed by atoms with Crippen molar-refractivity contribution < 1.29 is 9.90 Å². The van der Waals surface area contributed by atoms with Gasteiger partial charge in [0.15, 0.2) is 5.11 Å². The number of nitrogens with one attached hydrogen (secondary N) is 1. The van der Waals surface area contributed by atoms with Crippen LogP contribution in [0.3, 0.4) is 0 Å². The minimum Gasteiger partial charge on any atom is -0.481 e. The minimum absolute atomic E-state index is 0.492. The molecule has 0 aliphatic heterocycles. The highest BCUT2D eigenvalue weighted by atomic mass is 32.1. The van der Waals surface area contributed by atoms with Gasteiger partial charge in [-0.25, -0.2) is 0 Å². The van der Waals surface area contributed by atoms with Crippen LogP contribution in [0.15, 0.2) is 67.3 Å². The van der Waals surface area contributed by atoms with Crippen molar-refractivity contribution in [3.63, 3.8) is 0 Å². The third-order valence-corrected chi connectivity index (χ3v) is 3.99. The Labute approximate surface area is 147 Å². The first-order chi connectivity index (χ1) is 11.5. The number of carboxylic acid groups (broad SMARTS) is 1. The van der Waals surface area contributed by atoms with Crippen LogP contribution in [0.5, 0.6) is 0 Å². The fourth-order valence-electron chi connectivity index (χ4n) is 2.35. The highest BCUT2D eigenvalue weighted by Gasteiger charge is 2.19. The van der Waals surface area contributed by atoms with Gasteiger partial charge in [0.25, 0.3) is 0 Å². The fraction of sp³-hybridized carbons (Fsp3) is 0.158. The second-order valence-electron chi connectivity index (χ2n) is 5.31. The quantitative estimate of drug-likeness (QED) is 0.608. The Kier molecular flexibility index (Phi) is 6.09. The Bertz CT molecular complexity index is 731. The zero-order chi connectivity index (χ0) is 17.5. The monoisotopic (exact) mass is 340 g/mol. The third-order valence-electron chi connectivity index (χ3n) is 3.66. The van der Waals surface area contributed by atoms with Gasteiger partial charge in [0, 0.05) is 17.9 Å². The minimum atomic E-state index is -0.874. The van der Waals surface area contributed by atoms with E-state index < -0.39 is 11.9 Å². The van der Waals surface area contributed by atoms with Crippen molar-refractivity contribution in [1.82, 2.24) is 0 Å². The summed E-state index contributed by atoms with van der Waals surface area (Å²) >= 11 is 5.54. The van der Waals surface area contributed by atoms with Gasteiger partial charge < -0.3 is 15.3 Å². The average molecular weight is 340 g/mol. The van der Waals surface area contributed by atoms with Crippen molar-refractivity contribution in [3.05, 3.63) is 72.8 Å². The third kappa shape index (κ3) is 4.20. The van der Waals surface area contributed by atoms with E-state index in [-0.39, 0.29) is 0 Å². The highest BCUT2D eigenvalue weighted by molar-refractivity contribution is 7.80. The van der Waals surface area contributed by atoms with Crippen LogP contribution in [0, 0.1) is 0 Å². The van der Waals surface area contributed by atoms with E-state index in [0.29, 0.717) is 22.9 Å². The number of rotatable bonds is 6. The molecule has 2 rings (SSSR count). The molecule has 5 heteroatoms. The maximum absolute atomic E-state index is 11.3. The van der Waals surface area contributed by atoms with Crippen LogP contribution >= 0.6 is 12.2 Å². The van der Waals surface area contributed by atoms with Crippen LogP contribution in [-0.4, -0.2) is 22.7 Å². The molecule has 0 aromatic heterocycles. The van der Waals surface area contributed by atoms with Crippen LogP contribution in [0.4, 0.5) is 11.4 Å². The van der Waals surface area contributed by atoms with Crippen LogP contribution in [0.1, 0.15) is 18.4 Å². The lowest BCUT2D eigenvalue weighted by Crippen LogP contribution is -2.35. The molecule has 0 amide bonds. The lowest BCUT2D eigenvalue weighted by Gasteiger charge is -2.26. The summed E-state index contributed by atoms with van der Waals surface area (Å²) in [5.41, 5.74) is 2.33. The van der Waals surface area contributed by atoms with Gasteiger partial charge >= 0.3 is 5.97 Å². The molecule has 0 saturated carbocycles. The number of hydrogen-bond donors (Lipinski definition) is 2. The number of aliphatic carboxylic acids is 1. The molecule has 0 aliphatic rings. The second kappa shape index (κ2) is 8.26. The summed E-state index contributed by atoms with van der Waals surface area (Å²) in [5, 5.41) is 12.9. The second-order valence-corrected chi connectivity index (χ2v) is 5.70. The van der Waals surface area contributed by atoms with Crippen molar-refractivity contribution in [2.24, 2.45) is 0 Å². The normalized spacial score (nSPS) is 11.4. The number of nitrogens with zero attached hydrogens (tertiary/aromatic N) is 1. The maximum Gasteiger partial charge on any atom is 0.310 e. The van der Waals surface area contributed by atoms with Gasteiger partial charge in [0.05, 0.1) is 5.92 Å². The molecule has 0 heterocycles. The van der Waals surface area contributed by atoms with E-state index in [2.05, 4.69) is 11.9 Å². The van der Waals surface area contributed by atoms with Gasteiger partial charge in [-0.2, -0.15) is 0 Å². The standard InChI is InChI=1S/C19H20N2O2S/c1-3-13-21(15-9-5-4-6-10-15)19(24)20-17-12-8-7-11-16(17)14(2)18(22)23/h3-12,14H,1,13H2,2H3,(H,20,24)(H,22,23). The molecule has 0 fully saturated rings. The molecule has 2 aromatic carbocycles. The largest absolute Gasteiger partial charge is 0.481 e. The van der Waals surface area contributed by atoms with E-state index in [1.54, 1.807) is 19.1 Å². The number of thiocarbonyl (C=S) groups is 1.